The Morgan fingerprint density at radius 2 is 1.96 bits per heavy atom. The normalized spacial score (nSPS) is 19.6. The van der Waals surface area contributed by atoms with Crippen LogP contribution in [0.2, 0.25) is 0 Å². The predicted octanol–water partition coefficient (Wildman–Crippen LogP) is -0.747. The molecular formula is C16H24N4O7S. The van der Waals surface area contributed by atoms with E-state index in [2.05, 4.69) is 4.98 Å². The van der Waals surface area contributed by atoms with Gasteiger partial charge in [0.1, 0.15) is 11.4 Å². The van der Waals surface area contributed by atoms with E-state index in [1.54, 1.807) is 6.92 Å². The zero-order valence-corrected chi connectivity index (χ0v) is 16.9. The quantitative estimate of drug-likeness (QED) is 0.635. The summed E-state index contributed by atoms with van der Waals surface area (Å²) in [4.78, 5) is 28.9. The Morgan fingerprint density at radius 3 is 2.54 bits per heavy atom. The maximum Gasteiger partial charge on any atom is 0.361 e. The summed E-state index contributed by atoms with van der Waals surface area (Å²) in [6, 6.07) is 0. The van der Waals surface area contributed by atoms with Crippen molar-refractivity contribution < 1.29 is 27.8 Å². The van der Waals surface area contributed by atoms with Gasteiger partial charge >= 0.3 is 5.97 Å². The summed E-state index contributed by atoms with van der Waals surface area (Å²) >= 11 is 0. The third kappa shape index (κ3) is 3.30. The second kappa shape index (κ2) is 7.43. The van der Waals surface area contributed by atoms with Crippen LogP contribution < -0.4 is 5.56 Å². The zero-order chi connectivity index (χ0) is 20.7. The number of carbonyl (C=O) groups excluding carboxylic acids is 1. The fraction of sp³-hybridized carbons (Fsp3) is 0.688. The molecule has 156 valence electrons. The molecule has 0 amide bonds. The van der Waals surface area contributed by atoms with E-state index in [9.17, 15) is 23.1 Å². The summed E-state index contributed by atoms with van der Waals surface area (Å²) in [5, 5.41) is 10.1. The van der Waals surface area contributed by atoms with Crippen molar-refractivity contribution in [1.29, 1.82) is 0 Å². The summed E-state index contributed by atoms with van der Waals surface area (Å²) < 4.78 is 39.3. The minimum absolute atomic E-state index is 0.0668. The monoisotopic (exact) mass is 416 g/mol. The molecule has 3 heterocycles. The third-order valence-electron chi connectivity index (χ3n) is 5.03. The van der Waals surface area contributed by atoms with Crippen LogP contribution >= 0.6 is 0 Å². The van der Waals surface area contributed by atoms with Crippen molar-refractivity contribution in [2.75, 3.05) is 40.4 Å². The molecule has 0 bridgehead atoms. The van der Waals surface area contributed by atoms with E-state index < -0.39 is 38.8 Å². The van der Waals surface area contributed by atoms with Crippen molar-refractivity contribution >= 4 is 16.2 Å². The predicted molar refractivity (Wildman–Crippen MR) is 97.2 cm³/mol. The van der Waals surface area contributed by atoms with Gasteiger partial charge in [-0.1, -0.05) is 0 Å². The van der Waals surface area contributed by atoms with Crippen LogP contribution in [0.1, 0.15) is 36.1 Å². The molecule has 0 unspecified atom stereocenters. The molecule has 0 radical (unpaired) electrons. The Kier molecular flexibility index (Phi) is 5.49. The maximum absolute atomic E-state index is 12.6. The van der Waals surface area contributed by atoms with Crippen molar-refractivity contribution in [2.45, 2.75) is 31.9 Å². The summed E-state index contributed by atoms with van der Waals surface area (Å²) in [5.41, 5.74) is -2.20. The lowest BCUT2D eigenvalue weighted by atomic mass is 9.89. The van der Waals surface area contributed by atoms with Crippen LogP contribution in [0.25, 0.3) is 0 Å². The maximum atomic E-state index is 12.6. The molecule has 12 heteroatoms. The molecule has 3 rings (SSSR count). The standard InChI is InChI=1S/C16H24N4O7S/c1-4-26-14(23)11-12(21)13(22)20-9-10-27-16(15(20)17-11)5-7-19(8-6-16)28(24,25)18(2)3/h21H,4-10H2,1-3H3. The van der Waals surface area contributed by atoms with Crippen LogP contribution in [-0.2, 0) is 31.8 Å². The number of rotatable bonds is 4. The average molecular weight is 416 g/mol. The average Bonchev–Trinajstić information content (AvgIpc) is 2.65. The van der Waals surface area contributed by atoms with E-state index in [4.69, 9.17) is 9.47 Å². The number of piperidine rings is 1. The van der Waals surface area contributed by atoms with E-state index in [1.807, 2.05) is 0 Å². The molecule has 1 N–H and O–H groups in total. The third-order valence-corrected chi connectivity index (χ3v) is 6.97. The second-order valence-corrected chi connectivity index (χ2v) is 8.98. The first-order chi connectivity index (χ1) is 13.1. The van der Waals surface area contributed by atoms with Gasteiger partial charge in [0, 0.05) is 27.2 Å². The van der Waals surface area contributed by atoms with Crippen molar-refractivity contribution in [3.05, 3.63) is 21.9 Å². The van der Waals surface area contributed by atoms with Gasteiger partial charge in [0.15, 0.2) is 5.69 Å². The topological polar surface area (TPSA) is 131 Å². The zero-order valence-electron chi connectivity index (χ0n) is 16.0. The van der Waals surface area contributed by atoms with Crippen molar-refractivity contribution in [3.63, 3.8) is 0 Å². The first-order valence-corrected chi connectivity index (χ1v) is 10.4. The molecular weight excluding hydrogens is 392 g/mol. The Morgan fingerprint density at radius 1 is 1.32 bits per heavy atom. The largest absolute Gasteiger partial charge is 0.501 e. The lowest BCUT2D eigenvalue weighted by molar-refractivity contribution is -0.110. The molecule has 2 aliphatic rings. The lowest BCUT2D eigenvalue weighted by Crippen LogP contribution is -2.53. The van der Waals surface area contributed by atoms with Crippen molar-refractivity contribution in [3.8, 4) is 5.75 Å². The first-order valence-electron chi connectivity index (χ1n) is 8.97. The molecule has 2 aliphatic heterocycles. The van der Waals surface area contributed by atoms with E-state index >= 15 is 0 Å². The van der Waals surface area contributed by atoms with Gasteiger partial charge in [-0.15, -0.1) is 0 Å². The highest BCUT2D eigenvalue weighted by Gasteiger charge is 2.46. The van der Waals surface area contributed by atoms with Crippen LogP contribution in [0.5, 0.6) is 5.75 Å². The minimum atomic E-state index is -3.57. The number of nitrogens with zero attached hydrogens (tertiary/aromatic N) is 4. The SMILES string of the molecule is CCOC(=O)c1nc2n(c(=O)c1O)CCOC21CCN(S(=O)(=O)N(C)C)CC1. The van der Waals surface area contributed by atoms with Gasteiger partial charge < -0.3 is 14.6 Å². The second-order valence-electron chi connectivity index (χ2n) is 6.84. The highest BCUT2D eigenvalue weighted by atomic mass is 32.2. The number of aromatic hydroxyl groups is 1. The van der Waals surface area contributed by atoms with Crippen LogP contribution in [0.15, 0.2) is 4.79 Å². The number of aromatic nitrogens is 2. The number of ether oxygens (including phenoxy) is 2. The molecule has 28 heavy (non-hydrogen) atoms. The number of hydrogen-bond acceptors (Lipinski definition) is 8. The van der Waals surface area contributed by atoms with Gasteiger partial charge in [-0.3, -0.25) is 9.36 Å². The summed E-state index contributed by atoms with van der Waals surface area (Å²) in [5.74, 6) is -1.44. The van der Waals surface area contributed by atoms with E-state index in [-0.39, 0.29) is 51.5 Å². The number of carbonyl (C=O) groups is 1. The van der Waals surface area contributed by atoms with E-state index in [0.29, 0.717) is 0 Å². The van der Waals surface area contributed by atoms with E-state index in [1.165, 1.54) is 23.0 Å². The van der Waals surface area contributed by atoms with Crippen LogP contribution in [-0.4, -0.2) is 78.1 Å². The fourth-order valence-corrected chi connectivity index (χ4v) is 4.62. The van der Waals surface area contributed by atoms with Gasteiger partial charge in [-0.25, -0.2) is 9.78 Å². The molecule has 1 aromatic heterocycles. The number of hydrogen-bond donors (Lipinski definition) is 1. The molecule has 0 saturated carbocycles. The molecule has 0 aliphatic carbocycles. The molecule has 1 saturated heterocycles. The summed E-state index contributed by atoms with van der Waals surface area (Å²) in [6.45, 7) is 2.41. The Hall–Kier alpha value is -2.02. The molecule has 0 atom stereocenters. The van der Waals surface area contributed by atoms with Gasteiger partial charge in [0.05, 0.1) is 19.8 Å². The smallest absolute Gasteiger partial charge is 0.361 e. The highest BCUT2D eigenvalue weighted by molar-refractivity contribution is 7.86. The summed E-state index contributed by atoms with van der Waals surface area (Å²) in [6.07, 6.45) is 0.527. The molecule has 11 nitrogen and oxygen atoms in total. The Balaban J connectivity index is 2.00. The van der Waals surface area contributed by atoms with Gasteiger partial charge in [-0.2, -0.15) is 17.0 Å². The molecule has 1 aromatic rings. The van der Waals surface area contributed by atoms with Crippen molar-refractivity contribution in [2.24, 2.45) is 0 Å². The fourth-order valence-electron chi connectivity index (χ4n) is 3.52. The minimum Gasteiger partial charge on any atom is -0.501 e. The van der Waals surface area contributed by atoms with Gasteiger partial charge in [0.25, 0.3) is 15.8 Å². The van der Waals surface area contributed by atoms with Crippen LogP contribution in [0.3, 0.4) is 0 Å². The highest BCUT2D eigenvalue weighted by Crippen LogP contribution is 2.39. The summed E-state index contributed by atoms with van der Waals surface area (Å²) in [7, 11) is -0.649. The number of esters is 1. The Labute approximate surface area is 162 Å². The van der Waals surface area contributed by atoms with Gasteiger partial charge in [0.2, 0.25) is 5.75 Å². The van der Waals surface area contributed by atoms with Crippen LogP contribution in [0.4, 0.5) is 0 Å². The molecule has 1 spiro atoms. The number of fused-ring (bicyclic) bond motifs is 2. The lowest BCUT2D eigenvalue weighted by Gasteiger charge is -2.44. The first kappa shape index (κ1) is 20.7. The van der Waals surface area contributed by atoms with Crippen molar-refractivity contribution in [1.82, 2.24) is 18.2 Å². The Bertz CT molecular complexity index is 933. The molecule has 1 fully saturated rings. The van der Waals surface area contributed by atoms with E-state index in [0.717, 1.165) is 4.31 Å². The van der Waals surface area contributed by atoms with Crippen LogP contribution in [0, 0.1) is 0 Å². The molecule has 0 aromatic carbocycles. The van der Waals surface area contributed by atoms with Gasteiger partial charge in [-0.05, 0) is 19.8 Å².